The number of amides is 1. The van der Waals surface area contributed by atoms with E-state index in [-0.39, 0.29) is 19.0 Å². The van der Waals surface area contributed by atoms with E-state index in [2.05, 4.69) is 20.3 Å². The third-order valence-corrected chi connectivity index (χ3v) is 2.92. The number of nitrogens with zero attached hydrogens (tertiary/aromatic N) is 2. The van der Waals surface area contributed by atoms with Crippen LogP contribution in [0.4, 0.5) is 0 Å². The molecule has 8 heteroatoms. The van der Waals surface area contributed by atoms with Crippen LogP contribution in [0.5, 0.6) is 0 Å². The maximum absolute atomic E-state index is 11.3. The summed E-state index contributed by atoms with van der Waals surface area (Å²) in [6.07, 6.45) is 0. The van der Waals surface area contributed by atoms with Gasteiger partial charge in [0.15, 0.2) is 0 Å². The van der Waals surface area contributed by atoms with Gasteiger partial charge in [-0.3, -0.25) is 4.79 Å². The van der Waals surface area contributed by atoms with E-state index < -0.39 is 11.9 Å². The highest BCUT2D eigenvalue weighted by Gasteiger charge is 2.16. The molecule has 2 aromatic heterocycles. The fourth-order valence-corrected chi connectivity index (χ4v) is 1.89. The van der Waals surface area contributed by atoms with E-state index in [1.807, 2.05) is 17.5 Å². The van der Waals surface area contributed by atoms with Gasteiger partial charge in [-0.25, -0.2) is 4.79 Å². The zero-order chi connectivity index (χ0) is 13.7. The molecule has 1 N–H and O–H groups in total. The van der Waals surface area contributed by atoms with Crippen molar-refractivity contribution in [2.45, 2.75) is 13.5 Å². The highest BCUT2D eigenvalue weighted by Crippen LogP contribution is 2.22. The molecule has 0 saturated heterocycles. The summed E-state index contributed by atoms with van der Waals surface area (Å²) in [4.78, 5) is 23.2. The first-order chi connectivity index (χ1) is 9.20. The van der Waals surface area contributed by atoms with Gasteiger partial charge in [0.25, 0.3) is 5.89 Å². The second-order valence-electron chi connectivity index (χ2n) is 3.38. The van der Waals surface area contributed by atoms with E-state index in [0.717, 1.165) is 4.88 Å². The number of esters is 1. The second-order valence-corrected chi connectivity index (χ2v) is 4.33. The summed E-state index contributed by atoms with van der Waals surface area (Å²) < 4.78 is 9.88. The van der Waals surface area contributed by atoms with E-state index in [0.29, 0.717) is 5.89 Å². The smallest absolute Gasteiger partial charge is 0.396 e. The molecule has 0 aliphatic heterocycles. The van der Waals surface area contributed by atoms with Crippen molar-refractivity contribution < 1.29 is 18.7 Å². The average Bonchev–Trinajstić information content (AvgIpc) is 3.06. The molecule has 0 aromatic carbocycles. The predicted octanol–water partition coefficient (Wildman–Crippen LogP) is 0.977. The molecular weight excluding hydrogens is 270 g/mol. The Hall–Kier alpha value is -2.22. The van der Waals surface area contributed by atoms with Gasteiger partial charge < -0.3 is 14.5 Å². The lowest BCUT2D eigenvalue weighted by Crippen LogP contribution is -2.32. The van der Waals surface area contributed by atoms with Crippen LogP contribution in [0, 0.1) is 0 Å². The summed E-state index contributed by atoms with van der Waals surface area (Å²) >= 11 is 1.47. The number of ether oxygens (including phenoxy) is 1. The van der Waals surface area contributed by atoms with Crippen LogP contribution in [0.25, 0.3) is 10.8 Å². The van der Waals surface area contributed by atoms with E-state index in [9.17, 15) is 9.59 Å². The minimum Gasteiger partial charge on any atom is -0.459 e. The first-order valence-corrected chi connectivity index (χ1v) is 6.40. The van der Waals surface area contributed by atoms with Gasteiger partial charge in [0.2, 0.25) is 5.89 Å². The number of aromatic nitrogens is 2. The van der Waals surface area contributed by atoms with Gasteiger partial charge in [-0.1, -0.05) is 6.07 Å². The molecule has 19 heavy (non-hydrogen) atoms. The Kier molecular flexibility index (Phi) is 4.24. The van der Waals surface area contributed by atoms with Crippen molar-refractivity contribution in [3.05, 3.63) is 23.4 Å². The number of carbonyl (C=O) groups excluding carboxylic acids is 2. The first kappa shape index (κ1) is 13.2. The molecule has 2 heterocycles. The molecule has 1 amide bonds. The van der Waals surface area contributed by atoms with Crippen molar-refractivity contribution in [3.63, 3.8) is 0 Å². The lowest BCUT2D eigenvalue weighted by Gasteiger charge is -2.01. The van der Waals surface area contributed by atoms with E-state index >= 15 is 0 Å². The van der Waals surface area contributed by atoms with Crippen LogP contribution >= 0.6 is 11.3 Å². The van der Waals surface area contributed by atoms with Crippen molar-refractivity contribution in [2.24, 2.45) is 0 Å². The van der Waals surface area contributed by atoms with Crippen molar-refractivity contribution in [1.29, 1.82) is 0 Å². The Morgan fingerprint density at radius 3 is 3.00 bits per heavy atom. The molecule has 7 nitrogen and oxygen atoms in total. The Morgan fingerprint density at radius 2 is 2.32 bits per heavy atom. The highest BCUT2D eigenvalue weighted by atomic mass is 32.1. The molecule has 2 rings (SSSR count). The van der Waals surface area contributed by atoms with Crippen molar-refractivity contribution in [2.75, 3.05) is 6.61 Å². The van der Waals surface area contributed by atoms with Crippen LogP contribution in [0.3, 0.4) is 0 Å². The Bertz CT molecular complexity index is 564. The molecule has 0 radical (unpaired) electrons. The predicted molar refractivity (Wildman–Crippen MR) is 66.1 cm³/mol. The van der Waals surface area contributed by atoms with Crippen LogP contribution in [0.1, 0.15) is 12.8 Å². The van der Waals surface area contributed by atoms with Crippen LogP contribution in [0.2, 0.25) is 0 Å². The molecule has 0 aliphatic rings. The van der Waals surface area contributed by atoms with Crippen molar-refractivity contribution in [3.8, 4) is 10.8 Å². The standard InChI is InChI=1S/C11H11N3O4S/c1-2-17-11(16)9(15)12-6-8-13-14-10(18-8)7-4-3-5-19-7/h3-5H,2,6H2,1H3,(H,12,15). The van der Waals surface area contributed by atoms with E-state index in [1.165, 1.54) is 11.3 Å². The third kappa shape index (κ3) is 3.38. The van der Waals surface area contributed by atoms with Crippen molar-refractivity contribution >= 4 is 23.2 Å². The fourth-order valence-electron chi connectivity index (χ4n) is 1.25. The Morgan fingerprint density at radius 1 is 1.47 bits per heavy atom. The number of thiophene rings is 1. The first-order valence-electron chi connectivity index (χ1n) is 5.52. The SMILES string of the molecule is CCOC(=O)C(=O)NCc1nnc(-c2cccs2)o1. The molecule has 2 aromatic rings. The van der Waals surface area contributed by atoms with Gasteiger partial charge in [0.1, 0.15) is 0 Å². The zero-order valence-corrected chi connectivity index (χ0v) is 10.9. The molecule has 0 bridgehead atoms. The number of nitrogens with one attached hydrogen (secondary N) is 1. The molecule has 0 atom stereocenters. The quantitative estimate of drug-likeness (QED) is 0.663. The normalized spacial score (nSPS) is 10.2. The van der Waals surface area contributed by atoms with E-state index in [1.54, 1.807) is 6.92 Å². The maximum Gasteiger partial charge on any atom is 0.396 e. The number of carbonyl (C=O) groups is 2. The van der Waals surface area contributed by atoms with Crippen LogP contribution in [-0.2, 0) is 20.9 Å². The summed E-state index contributed by atoms with van der Waals surface area (Å²) in [7, 11) is 0. The molecular formula is C11H11N3O4S. The Labute approximate surface area is 112 Å². The van der Waals surface area contributed by atoms with E-state index in [4.69, 9.17) is 4.42 Å². The van der Waals surface area contributed by atoms with Crippen molar-refractivity contribution in [1.82, 2.24) is 15.5 Å². The average molecular weight is 281 g/mol. The molecule has 0 spiro atoms. The summed E-state index contributed by atoms with van der Waals surface area (Å²) in [5.41, 5.74) is 0. The number of rotatable bonds is 4. The second kappa shape index (κ2) is 6.10. The maximum atomic E-state index is 11.3. The van der Waals surface area contributed by atoms with Gasteiger partial charge in [0.05, 0.1) is 18.0 Å². The van der Waals surface area contributed by atoms with Crippen LogP contribution < -0.4 is 5.32 Å². The summed E-state index contributed by atoms with van der Waals surface area (Å²) in [5.74, 6) is -1.16. The minimum atomic E-state index is -0.930. The minimum absolute atomic E-state index is 0.0178. The molecule has 0 aliphatic carbocycles. The van der Waals surface area contributed by atoms with Gasteiger partial charge >= 0.3 is 11.9 Å². The molecule has 0 fully saturated rings. The molecule has 0 saturated carbocycles. The largest absolute Gasteiger partial charge is 0.459 e. The summed E-state index contributed by atoms with van der Waals surface area (Å²) in [6.45, 7) is 1.75. The highest BCUT2D eigenvalue weighted by molar-refractivity contribution is 7.13. The topological polar surface area (TPSA) is 94.3 Å². The van der Waals surface area contributed by atoms with Crippen LogP contribution in [-0.4, -0.2) is 28.7 Å². The summed E-state index contributed by atoms with van der Waals surface area (Å²) in [5, 5.41) is 11.8. The summed E-state index contributed by atoms with van der Waals surface area (Å²) in [6, 6.07) is 3.71. The lowest BCUT2D eigenvalue weighted by molar-refractivity contribution is -0.154. The zero-order valence-electron chi connectivity index (χ0n) is 10.1. The lowest BCUT2D eigenvalue weighted by atomic mass is 10.5. The molecule has 0 unspecified atom stereocenters. The number of hydrogen-bond donors (Lipinski definition) is 1. The van der Waals surface area contributed by atoms with Gasteiger partial charge in [-0.2, -0.15) is 0 Å². The number of hydrogen-bond acceptors (Lipinski definition) is 7. The fraction of sp³-hybridized carbons (Fsp3) is 0.273. The Balaban J connectivity index is 1.90. The molecule has 100 valence electrons. The third-order valence-electron chi connectivity index (χ3n) is 2.06. The van der Waals surface area contributed by atoms with Crippen LogP contribution in [0.15, 0.2) is 21.9 Å². The monoisotopic (exact) mass is 281 g/mol. The van der Waals surface area contributed by atoms with Gasteiger partial charge in [0, 0.05) is 0 Å². The van der Waals surface area contributed by atoms with Gasteiger partial charge in [-0.05, 0) is 18.4 Å². The van der Waals surface area contributed by atoms with Gasteiger partial charge in [-0.15, -0.1) is 21.5 Å².